The van der Waals surface area contributed by atoms with E-state index in [0.29, 0.717) is 47.9 Å². The second-order valence-corrected chi connectivity index (χ2v) is 6.76. The summed E-state index contributed by atoms with van der Waals surface area (Å²) in [5.41, 5.74) is 2.03. The lowest BCUT2D eigenvalue weighted by molar-refractivity contribution is 0.0939. The number of fused-ring (bicyclic) bond motifs is 1. The standard InChI is InChI=1S/C24H21NO5/c1-28-18-9-6-16(7-10-18)15-25-24(27)20-5-3-2-4-19(20)23(26)17-8-11-21-22(14-17)30-13-12-29-21/h2-11,14H,12-13,15H2,1H3,(H,25,27). The van der Waals surface area contributed by atoms with Crippen molar-refractivity contribution in [2.75, 3.05) is 20.3 Å². The van der Waals surface area contributed by atoms with Crippen molar-refractivity contribution in [2.45, 2.75) is 6.54 Å². The predicted molar refractivity (Wildman–Crippen MR) is 111 cm³/mol. The van der Waals surface area contributed by atoms with Crippen LogP contribution >= 0.6 is 0 Å². The largest absolute Gasteiger partial charge is 0.497 e. The van der Waals surface area contributed by atoms with Gasteiger partial charge in [-0.05, 0) is 42.0 Å². The smallest absolute Gasteiger partial charge is 0.252 e. The van der Waals surface area contributed by atoms with Crippen LogP contribution in [0.4, 0.5) is 0 Å². The highest BCUT2D eigenvalue weighted by Gasteiger charge is 2.20. The second-order valence-electron chi connectivity index (χ2n) is 6.76. The summed E-state index contributed by atoms with van der Waals surface area (Å²) >= 11 is 0. The number of rotatable bonds is 6. The molecule has 3 aromatic rings. The van der Waals surface area contributed by atoms with Crippen molar-refractivity contribution in [1.29, 1.82) is 0 Å². The Kier molecular flexibility index (Phi) is 5.66. The number of carbonyl (C=O) groups excluding carboxylic acids is 2. The molecule has 1 aliphatic rings. The summed E-state index contributed by atoms with van der Waals surface area (Å²) in [4.78, 5) is 25.9. The van der Waals surface area contributed by atoms with E-state index in [1.165, 1.54) is 0 Å². The average molecular weight is 403 g/mol. The number of carbonyl (C=O) groups is 2. The molecule has 3 aromatic carbocycles. The minimum Gasteiger partial charge on any atom is -0.497 e. The molecule has 0 saturated carbocycles. The SMILES string of the molecule is COc1ccc(CNC(=O)c2ccccc2C(=O)c2ccc3c(c2)OCCO3)cc1. The number of hydrogen-bond acceptors (Lipinski definition) is 5. The van der Waals surface area contributed by atoms with Crippen LogP contribution in [0, 0.1) is 0 Å². The Morgan fingerprint density at radius 3 is 2.33 bits per heavy atom. The molecule has 0 saturated heterocycles. The van der Waals surface area contributed by atoms with Crippen LogP contribution in [-0.2, 0) is 6.54 Å². The summed E-state index contributed by atoms with van der Waals surface area (Å²) in [6.07, 6.45) is 0. The number of hydrogen-bond donors (Lipinski definition) is 1. The van der Waals surface area contributed by atoms with Crippen molar-refractivity contribution < 1.29 is 23.8 Å². The Morgan fingerprint density at radius 1 is 0.900 bits per heavy atom. The molecule has 6 nitrogen and oxygen atoms in total. The zero-order valence-electron chi connectivity index (χ0n) is 16.5. The zero-order chi connectivity index (χ0) is 20.9. The normalized spacial score (nSPS) is 12.2. The number of ketones is 1. The molecule has 1 aliphatic heterocycles. The van der Waals surface area contributed by atoms with Crippen LogP contribution in [0.5, 0.6) is 17.2 Å². The molecule has 0 aliphatic carbocycles. The van der Waals surface area contributed by atoms with E-state index in [1.54, 1.807) is 49.6 Å². The maximum Gasteiger partial charge on any atom is 0.252 e. The molecule has 6 heteroatoms. The first-order valence-electron chi connectivity index (χ1n) is 9.60. The maximum atomic E-state index is 13.1. The molecule has 1 heterocycles. The summed E-state index contributed by atoms with van der Waals surface area (Å²) in [5.74, 6) is 1.34. The third-order valence-corrected chi connectivity index (χ3v) is 4.83. The van der Waals surface area contributed by atoms with Crippen molar-refractivity contribution in [3.63, 3.8) is 0 Å². The molecule has 0 fully saturated rings. The van der Waals surface area contributed by atoms with E-state index in [2.05, 4.69) is 5.32 Å². The van der Waals surface area contributed by atoms with Gasteiger partial charge in [0.2, 0.25) is 0 Å². The number of methoxy groups -OCH3 is 1. The molecule has 30 heavy (non-hydrogen) atoms. The number of nitrogens with one attached hydrogen (secondary N) is 1. The van der Waals surface area contributed by atoms with E-state index >= 15 is 0 Å². The lowest BCUT2D eigenvalue weighted by Gasteiger charge is -2.18. The van der Waals surface area contributed by atoms with Gasteiger partial charge in [0, 0.05) is 17.7 Å². The summed E-state index contributed by atoms with van der Waals surface area (Å²) < 4.78 is 16.2. The van der Waals surface area contributed by atoms with Gasteiger partial charge in [-0.3, -0.25) is 9.59 Å². The Bertz CT molecular complexity index is 1080. The molecule has 0 radical (unpaired) electrons. The molecule has 0 bridgehead atoms. The van der Waals surface area contributed by atoms with Gasteiger partial charge in [-0.1, -0.05) is 30.3 Å². The highest BCUT2D eigenvalue weighted by atomic mass is 16.6. The summed E-state index contributed by atoms with van der Waals surface area (Å²) in [5, 5.41) is 2.87. The molecular formula is C24H21NO5. The van der Waals surface area contributed by atoms with Gasteiger partial charge in [-0.25, -0.2) is 0 Å². The minimum absolute atomic E-state index is 0.248. The van der Waals surface area contributed by atoms with Crippen molar-refractivity contribution in [2.24, 2.45) is 0 Å². The van der Waals surface area contributed by atoms with Gasteiger partial charge in [0.05, 0.1) is 12.7 Å². The predicted octanol–water partition coefficient (Wildman–Crippen LogP) is 3.63. The van der Waals surface area contributed by atoms with Gasteiger partial charge in [0.15, 0.2) is 17.3 Å². The average Bonchev–Trinajstić information content (AvgIpc) is 2.82. The molecule has 0 spiro atoms. The van der Waals surface area contributed by atoms with Crippen LogP contribution in [0.2, 0.25) is 0 Å². The molecule has 4 rings (SSSR count). The maximum absolute atomic E-state index is 13.1. The highest BCUT2D eigenvalue weighted by Crippen LogP contribution is 2.31. The fraction of sp³-hybridized carbons (Fsp3) is 0.167. The fourth-order valence-electron chi connectivity index (χ4n) is 3.24. The van der Waals surface area contributed by atoms with Crippen molar-refractivity contribution in [3.05, 3.63) is 89.0 Å². The van der Waals surface area contributed by atoms with Gasteiger partial charge in [0.1, 0.15) is 19.0 Å². The van der Waals surface area contributed by atoms with Crippen molar-refractivity contribution in [1.82, 2.24) is 5.32 Å². The third-order valence-electron chi connectivity index (χ3n) is 4.83. The van der Waals surface area contributed by atoms with Crippen molar-refractivity contribution >= 4 is 11.7 Å². The lowest BCUT2D eigenvalue weighted by atomic mass is 9.97. The van der Waals surface area contributed by atoms with E-state index in [0.717, 1.165) is 11.3 Å². The van der Waals surface area contributed by atoms with E-state index in [1.807, 2.05) is 24.3 Å². The Hall–Kier alpha value is -3.80. The minimum atomic E-state index is -0.313. The molecular weight excluding hydrogens is 382 g/mol. The Balaban J connectivity index is 1.52. The first kappa shape index (κ1) is 19.5. The summed E-state index contributed by atoms with van der Waals surface area (Å²) in [6.45, 7) is 1.27. The van der Waals surface area contributed by atoms with Gasteiger partial charge in [0.25, 0.3) is 5.91 Å². The molecule has 152 valence electrons. The molecule has 0 aromatic heterocycles. The van der Waals surface area contributed by atoms with Gasteiger partial charge in [-0.2, -0.15) is 0 Å². The van der Waals surface area contributed by atoms with Crippen LogP contribution in [0.25, 0.3) is 0 Å². The molecule has 1 N–H and O–H groups in total. The number of ether oxygens (including phenoxy) is 3. The monoisotopic (exact) mass is 403 g/mol. The third kappa shape index (κ3) is 4.12. The topological polar surface area (TPSA) is 73.9 Å². The lowest BCUT2D eigenvalue weighted by Crippen LogP contribution is -2.25. The van der Waals surface area contributed by atoms with Crippen LogP contribution in [-0.4, -0.2) is 32.0 Å². The second kappa shape index (κ2) is 8.69. The van der Waals surface area contributed by atoms with E-state index < -0.39 is 0 Å². The van der Waals surface area contributed by atoms with E-state index in [9.17, 15) is 9.59 Å². The Morgan fingerprint density at radius 2 is 1.60 bits per heavy atom. The van der Waals surface area contributed by atoms with E-state index in [-0.39, 0.29) is 11.7 Å². The highest BCUT2D eigenvalue weighted by molar-refractivity contribution is 6.15. The molecule has 0 atom stereocenters. The van der Waals surface area contributed by atoms with Crippen LogP contribution < -0.4 is 19.5 Å². The Labute approximate surface area is 174 Å². The quantitative estimate of drug-likeness (QED) is 0.637. The number of amides is 1. The molecule has 0 unspecified atom stereocenters. The van der Waals surface area contributed by atoms with Crippen molar-refractivity contribution in [3.8, 4) is 17.2 Å². The van der Waals surface area contributed by atoms with Gasteiger partial charge in [-0.15, -0.1) is 0 Å². The zero-order valence-corrected chi connectivity index (χ0v) is 16.5. The van der Waals surface area contributed by atoms with E-state index in [4.69, 9.17) is 14.2 Å². The first-order valence-corrected chi connectivity index (χ1v) is 9.60. The van der Waals surface area contributed by atoms with Crippen LogP contribution in [0.3, 0.4) is 0 Å². The number of benzene rings is 3. The summed E-state index contributed by atoms with van der Waals surface area (Å²) in [7, 11) is 1.60. The molecule has 1 amide bonds. The summed E-state index contributed by atoms with van der Waals surface area (Å²) in [6, 6.07) is 19.3. The fourth-order valence-corrected chi connectivity index (χ4v) is 3.24. The van der Waals surface area contributed by atoms with Gasteiger partial charge < -0.3 is 19.5 Å². The van der Waals surface area contributed by atoms with Gasteiger partial charge >= 0.3 is 0 Å². The van der Waals surface area contributed by atoms with Crippen LogP contribution in [0.15, 0.2) is 66.7 Å². The first-order chi connectivity index (χ1) is 14.7. The van der Waals surface area contributed by atoms with Crippen LogP contribution in [0.1, 0.15) is 31.8 Å².